The second-order valence-electron chi connectivity index (χ2n) is 5.77. The van der Waals surface area contributed by atoms with Gasteiger partial charge in [0.2, 0.25) is 0 Å². The van der Waals surface area contributed by atoms with Gasteiger partial charge in [-0.25, -0.2) is 0 Å². The summed E-state index contributed by atoms with van der Waals surface area (Å²) in [7, 11) is 0. The van der Waals surface area contributed by atoms with Crippen molar-refractivity contribution in [3.8, 4) is 5.75 Å². The van der Waals surface area contributed by atoms with Crippen molar-refractivity contribution in [2.45, 2.75) is 39.2 Å². The summed E-state index contributed by atoms with van der Waals surface area (Å²) in [6, 6.07) is 4.07. The summed E-state index contributed by atoms with van der Waals surface area (Å²) in [6.45, 7) is 5.78. The number of aryl methyl sites for hydroxylation is 1. The second kappa shape index (κ2) is 7.27. The lowest BCUT2D eigenvalue weighted by molar-refractivity contribution is -0.132. The molecule has 0 bridgehead atoms. The molecule has 1 fully saturated rings. The Morgan fingerprint density at radius 2 is 2.10 bits per heavy atom. The van der Waals surface area contributed by atoms with Crippen molar-refractivity contribution < 1.29 is 9.53 Å². The predicted octanol–water partition coefficient (Wildman–Crippen LogP) is 2.65. The Labute approximate surface area is 134 Å². The summed E-state index contributed by atoms with van der Waals surface area (Å²) < 4.78 is 6.84. The van der Waals surface area contributed by atoms with Gasteiger partial charge in [0.15, 0.2) is 6.61 Å². The Morgan fingerprint density at radius 1 is 1.43 bits per heavy atom. The largest absolute Gasteiger partial charge is 0.483 e. The number of nitrogens with two attached hydrogens (primary N) is 1. The van der Waals surface area contributed by atoms with E-state index in [0.717, 1.165) is 53.7 Å². The summed E-state index contributed by atoms with van der Waals surface area (Å²) in [4.78, 5) is 14.0. The second-order valence-corrected chi connectivity index (χ2v) is 6.68. The Hall–Kier alpha value is -1.07. The molecule has 0 aliphatic carbocycles. The lowest BCUT2D eigenvalue weighted by Gasteiger charge is -2.19. The minimum atomic E-state index is 0.0512. The number of benzene rings is 1. The fourth-order valence-corrected chi connectivity index (χ4v) is 3.32. The van der Waals surface area contributed by atoms with E-state index in [1.54, 1.807) is 0 Å². The number of rotatable bonds is 5. The molecule has 0 saturated carbocycles. The van der Waals surface area contributed by atoms with Crippen molar-refractivity contribution in [2.24, 2.45) is 5.73 Å². The molecule has 1 unspecified atom stereocenters. The van der Waals surface area contributed by atoms with Gasteiger partial charge in [0.05, 0.1) is 0 Å². The molecule has 0 aromatic heterocycles. The van der Waals surface area contributed by atoms with Gasteiger partial charge in [-0.1, -0.05) is 15.9 Å². The number of amides is 1. The molecular formula is C16H23BrN2O2. The molecule has 1 aliphatic heterocycles. The summed E-state index contributed by atoms with van der Waals surface area (Å²) in [5, 5.41) is 0. The van der Waals surface area contributed by atoms with Crippen LogP contribution in [0.2, 0.25) is 0 Å². The molecule has 5 heteroatoms. The van der Waals surface area contributed by atoms with E-state index >= 15 is 0 Å². The minimum Gasteiger partial charge on any atom is -0.483 e. The maximum absolute atomic E-state index is 12.1. The van der Waals surface area contributed by atoms with Gasteiger partial charge in [-0.05, 0) is 56.4 Å². The highest BCUT2D eigenvalue weighted by Gasteiger charge is 2.19. The zero-order chi connectivity index (χ0) is 15.4. The SMILES string of the molecule is Cc1cc(Br)cc(CC(C)N)c1OCC(=O)N1CCCC1. The molecule has 4 nitrogen and oxygen atoms in total. The monoisotopic (exact) mass is 354 g/mol. The van der Waals surface area contributed by atoms with Crippen LogP contribution in [0.4, 0.5) is 0 Å². The molecule has 1 aromatic carbocycles. The number of carbonyl (C=O) groups excluding carboxylic acids is 1. The Kier molecular flexibility index (Phi) is 5.65. The van der Waals surface area contributed by atoms with Crippen LogP contribution in [0, 0.1) is 6.92 Å². The standard InChI is InChI=1S/C16H23BrN2O2/c1-11-7-14(17)9-13(8-12(2)18)16(11)21-10-15(20)19-5-3-4-6-19/h7,9,12H,3-6,8,10,18H2,1-2H3. The van der Waals surface area contributed by atoms with E-state index < -0.39 is 0 Å². The predicted molar refractivity (Wildman–Crippen MR) is 87.5 cm³/mol. The first-order valence-electron chi connectivity index (χ1n) is 7.42. The zero-order valence-corrected chi connectivity index (χ0v) is 14.3. The Bertz CT molecular complexity index is 511. The van der Waals surface area contributed by atoms with E-state index in [2.05, 4.69) is 15.9 Å². The highest BCUT2D eigenvalue weighted by molar-refractivity contribution is 9.10. The van der Waals surface area contributed by atoms with Gasteiger partial charge < -0.3 is 15.4 Å². The number of carbonyl (C=O) groups is 1. The van der Waals surface area contributed by atoms with E-state index in [0.29, 0.717) is 0 Å². The number of ether oxygens (including phenoxy) is 1. The average molecular weight is 355 g/mol. The van der Waals surface area contributed by atoms with Crippen molar-refractivity contribution in [2.75, 3.05) is 19.7 Å². The topological polar surface area (TPSA) is 55.6 Å². The van der Waals surface area contributed by atoms with Crippen molar-refractivity contribution in [3.05, 3.63) is 27.7 Å². The molecule has 1 saturated heterocycles. The quantitative estimate of drug-likeness (QED) is 0.884. The van der Waals surface area contributed by atoms with Gasteiger partial charge in [-0.15, -0.1) is 0 Å². The fraction of sp³-hybridized carbons (Fsp3) is 0.562. The van der Waals surface area contributed by atoms with Crippen LogP contribution < -0.4 is 10.5 Å². The molecule has 1 amide bonds. The summed E-state index contributed by atoms with van der Waals surface area (Å²) in [6.07, 6.45) is 2.92. The van der Waals surface area contributed by atoms with Crippen LogP contribution in [-0.4, -0.2) is 36.5 Å². The molecular weight excluding hydrogens is 332 g/mol. The van der Waals surface area contributed by atoms with Crippen molar-refractivity contribution in [1.29, 1.82) is 0 Å². The van der Waals surface area contributed by atoms with Crippen LogP contribution in [0.5, 0.6) is 5.75 Å². The molecule has 2 N–H and O–H groups in total. The summed E-state index contributed by atoms with van der Waals surface area (Å²) in [5.74, 6) is 0.865. The number of hydrogen-bond acceptors (Lipinski definition) is 3. The smallest absolute Gasteiger partial charge is 0.260 e. The summed E-state index contributed by atoms with van der Waals surface area (Å²) in [5.41, 5.74) is 7.97. The van der Waals surface area contributed by atoms with Gasteiger partial charge in [-0.3, -0.25) is 4.79 Å². The number of halogens is 1. The van der Waals surface area contributed by atoms with Gasteiger partial charge >= 0.3 is 0 Å². The molecule has 1 heterocycles. The third-order valence-corrected chi connectivity index (χ3v) is 4.11. The molecule has 116 valence electrons. The third-order valence-electron chi connectivity index (χ3n) is 3.66. The van der Waals surface area contributed by atoms with E-state index in [1.165, 1.54) is 0 Å². The normalized spacial score (nSPS) is 16.1. The maximum atomic E-state index is 12.1. The highest BCUT2D eigenvalue weighted by atomic mass is 79.9. The van der Waals surface area contributed by atoms with E-state index in [9.17, 15) is 4.79 Å². The molecule has 21 heavy (non-hydrogen) atoms. The van der Waals surface area contributed by atoms with Crippen molar-refractivity contribution in [1.82, 2.24) is 4.90 Å². The Balaban J connectivity index is 2.08. The van der Waals surface area contributed by atoms with Crippen molar-refractivity contribution >= 4 is 21.8 Å². The van der Waals surface area contributed by atoms with Gasteiger partial charge in [-0.2, -0.15) is 0 Å². The Morgan fingerprint density at radius 3 is 2.71 bits per heavy atom. The molecule has 1 atom stereocenters. The van der Waals surface area contributed by atoms with Gasteiger partial charge in [0, 0.05) is 23.6 Å². The lowest BCUT2D eigenvalue weighted by atomic mass is 10.0. The van der Waals surface area contributed by atoms with E-state index in [1.807, 2.05) is 30.9 Å². The number of likely N-dealkylation sites (tertiary alicyclic amines) is 1. The number of nitrogens with zero attached hydrogens (tertiary/aromatic N) is 1. The molecule has 1 aromatic rings. The van der Waals surface area contributed by atoms with Crippen LogP contribution in [0.3, 0.4) is 0 Å². The number of hydrogen-bond donors (Lipinski definition) is 1. The van der Waals surface area contributed by atoms with Crippen LogP contribution in [0.25, 0.3) is 0 Å². The van der Waals surface area contributed by atoms with Crippen LogP contribution >= 0.6 is 15.9 Å². The van der Waals surface area contributed by atoms with E-state index in [-0.39, 0.29) is 18.6 Å². The van der Waals surface area contributed by atoms with Crippen LogP contribution in [0.15, 0.2) is 16.6 Å². The third kappa shape index (κ3) is 4.45. The summed E-state index contributed by atoms with van der Waals surface area (Å²) >= 11 is 3.50. The molecule has 0 spiro atoms. The minimum absolute atomic E-state index is 0.0512. The fourth-order valence-electron chi connectivity index (χ4n) is 2.70. The van der Waals surface area contributed by atoms with Crippen LogP contribution in [0.1, 0.15) is 30.9 Å². The van der Waals surface area contributed by atoms with Gasteiger partial charge in [0.1, 0.15) is 5.75 Å². The van der Waals surface area contributed by atoms with Gasteiger partial charge in [0.25, 0.3) is 5.91 Å². The average Bonchev–Trinajstić information content (AvgIpc) is 2.90. The zero-order valence-electron chi connectivity index (χ0n) is 12.7. The van der Waals surface area contributed by atoms with Crippen molar-refractivity contribution in [3.63, 3.8) is 0 Å². The first-order chi connectivity index (χ1) is 9.97. The molecule has 2 rings (SSSR count). The molecule has 0 radical (unpaired) electrons. The first-order valence-corrected chi connectivity index (χ1v) is 8.22. The maximum Gasteiger partial charge on any atom is 0.260 e. The highest BCUT2D eigenvalue weighted by Crippen LogP contribution is 2.29. The lowest BCUT2D eigenvalue weighted by Crippen LogP contribution is -2.32. The van der Waals surface area contributed by atoms with E-state index in [4.69, 9.17) is 10.5 Å². The molecule has 1 aliphatic rings. The first kappa shape index (κ1) is 16.3. The van der Waals surface area contributed by atoms with Crippen LogP contribution in [-0.2, 0) is 11.2 Å².